The lowest BCUT2D eigenvalue weighted by atomic mass is 10.2. The lowest BCUT2D eigenvalue weighted by molar-refractivity contribution is -0.141. The van der Waals surface area contributed by atoms with Crippen LogP contribution in [0.25, 0.3) is 6.08 Å². The third kappa shape index (κ3) is 7.37. The summed E-state index contributed by atoms with van der Waals surface area (Å²) in [7, 11) is 1.34. The van der Waals surface area contributed by atoms with Crippen molar-refractivity contribution in [2.75, 3.05) is 20.2 Å². The molecular weight excluding hydrogens is 349 g/mol. The third-order valence-corrected chi connectivity index (χ3v) is 4.09. The van der Waals surface area contributed by atoms with Crippen LogP contribution in [0, 0.1) is 0 Å². The van der Waals surface area contributed by atoms with Crippen LogP contribution in [0.15, 0.2) is 24.3 Å². The normalized spacial score (nSPS) is 10.8. The summed E-state index contributed by atoms with van der Waals surface area (Å²) in [6.07, 6.45) is 6.32. The number of benzene rings is 1. The summed E-state index contributed by atoms with van der Waals surface area (Å²) >= 11 is 12.0. The molecule has 132 valence electrons. The number of amides is 1. The van der Waals surface area contributed by atoms with Gasteiger partial charge in [0.25, 0.3) is 0 Å². The molecule has 0 radical (unpaired) electrons. The molecule has 0 spiro atoms. The molecule has 0 saturated carbocycles. The van der Waals surface area contributed by atoms with Crippen LogP contribution < -0.4 is 0 Å². The van der Waals surface area contributed by atoms with Gasteiger partial charge in [0.2, 0.25) is 5.91 Å². The standard InChI is InChI=1S/C18H23Cl2NO3/c1-3-4-5-11-21(12-10-18(23)24-2)17(22)9-7-14-6-8-15(19)13-16(14)20/h6-9,13H,3-5,10-12H2,1-2H3/b9-7+. The smallest absolute Gasteiger partial charge is 0.307 e. The minimum Gasteiger partial charge on any atom is -0.469 e. The molecule has 0 saturated heterocycles. The molecule has 24 heavy (non-hydrogen) atoms. The molecule has 0 aliphatic carbocycles. The van der Waals surface area contributed by atoms with E-state index in [1.54, 1.807) is 29.2 Å². The van der Waals surface area contributed by atoms with Gasteiger partial charge >= 0.3 is 5.97 Å². The van der Waals surface area contributed by atoms with Crippen molar-refractivity contribution >= 4 is 41.2 Å². The number of hydrogen-bond donors (Lipinski definition) is 0. The molecule has 0 atom stereocenters. The fraction of sp³-hybridized carbons (Fsp3) is 0.444. The molecule has 1 rings (SSSR count). The molecular formula is C18H23Cl2NO3. The van der Waals surface area contributed by atoms with Gasteiger partial charge in [-0.1, -0.05) is 49.0 Å². The Morgan fingerprint density at radius 3 is 2.58 bits per heavy atom. The Balaban J connectivity index is 2.73. The van der Waals surface area contributed by atoms with Crippen LogP contribution in [-0.2, 0) is 14.3 Å². The van der Waals surface area contributed by atoms with Crippen LogP contribution in [0.1, 0.15) is 38.2 Å². The van der Waals surface area contributed by atoms with Crippen LogP contribution in [-0.4, -0.2) is 37.0 Å². The number of nitrogens with zero attached hydrogens (tertiary/aromatic N) is 1. The first-order valence-corrected chi connectivity index (χ1v) is 8.72. The van der Waals surface area contributed by atoms with Crippen molar-refractivity contribution in [2.45, 2.75) is 32.6 Å². The Morgan fingerprint density at radius 1 is 1.21 bits per heavy atom. The number of carbonyl (C=O) groups excluding carboxylic acids is 2. The Bertz CT molecular complexity index is 588. The van der Waals surface area contributed by atoms with Crippen molar-refractivity contribution in [3.05, 3.63) is 39.9 Å². The summed E-state index contributed by atoms with van der Waals surface area (Å²) in [6.45, 7) is 3.05. The highest BCUT2D eigenvalue weighted by atomic mass is 35.5. The molecule has 4 nitrogen and oxygen atoms in total. The average Bonchev–Trinajstić information content (AvgIpc) is 2.56. The Hall–Kier alpha value is -1.52. The maximum absolute atomic E-state index is 12.4. The molecule has 0 aliphatic heterocycles. The monoisotopic (exact) mass is 371 g/mol. The van der Waals surface area contributed by atoms with E-state index in [0.29, 0.717) is 23.1 Å². The van der Waals surface area contributed by atoms with Gasteiger partial charge in [-0.3, -0.25) is 9.59 Å². The maximum Gasteiger partial charge on any atom is 0.307 e. The zero-order valence-corrected chi connectivity index (χ0v) is 15.6. The highest BCUT2D eigenvalue weighted by Crippen LogP contribution is 2.22. The largest absolute Gasteiger partial charge is 0.469 e. The van der Waals surface area contributed by atoms with E-state index in [1.165, 1.54) is 13.2 Å². The molecule has 1 aromatic carbocycles. The Morgan fingerprint density at radius 2 is 1.96 bits per heavy atom. The van der Waals surface area contributed by atoms with Crippen molar-refractivity contribution < 1.29 is 14.3 Å². The van der Waals surface area contributed by atoms with E-state index in [0.717, 1.165) is 24.8 Å². The van der Waals surface area contributed by atoms with Gasteiger partial charge in [0.05, 0.1) is 13.5 Å². The van der Waals surface area contributed by atoms with Crippen LogP contribution >= 0.6 is 23.2 Å². The molecule has 0 fully saturated rings. The van der Waals surface area contributed by atoms with Crippen LogP contribution in [0.5, 0.6) is 0 Å². The van der Waals surface area contributed by atoms with Crippen molar-refractivity contribution in [1.82, 2.24) is 4.90 Å². The van der Waals surface area contributed by atoms with E-state index in [9.17, 15) is 9.59 Å². The van der Waals surface area contributed by atoms with Gasteiger partial charge in [-0.15, -0.1) is 0 Å². The fourth-order valence-corrected chi connectivity index (χ4v) is 2.59. The molecule has 1 aromatic rings. The number of methoxy groups -OCH3 is 1. The zero-order chi connectivity index (χ0) is 17.9. The topological polar surface area (TPSA) is 46.6 Å². The minimum atomic E-state index is -0.326. The van der Waals surface area contributed by atoms with Crippen LogP contribution in [0.4, 0.5) is 0 Å². The number of hydrogen-bond acceptors (Lipinski definition) is 3. The molecule has 0 N–H and O–H groups in total. The summed E-state index contributed by atoms with van der Waals surface area (Å²) in [6, 6.07) is 5.10. The Labute approximate surface area is 153 Å². The Kier molecular flexibility index (Phi) is 9.50. The molecule has 6 heteroatoms. The number of rotatable bonds is 9. The molecule has 1 amide bonds. The molecule has 0 aliphatic rings. The molecule has 0 unspecified atom stereocenters. The van der Waals surface area contributed by atoms with E-state index >= 15 is 0 Å². The van der Waals surface area contributed by atoms with E-state index in [-0.39, 0.29) is 18.3 Å². The summed E-state index contributed by atoms with van der Waals surface area (Å²) in [4.78, 5) is 25.4. The second kappa shape index (κ2) is 11.1. The van der Waals surface area contributed by atoms with Gasteiger partial charge in [0.15, 0.2) is 0 Å². The third-order valence-electron chi connectivity index (χ3n) is 3.52. The predicted octanol–water partition coefficient (Wildman–Crippen LogP) is 4.59. The SMILES string of the molecule is CCCCCN(CCC(=O)OC)C(=O)/C=C/c1ccc(Cl)cc1Cl. The van der Waals surface area contributed by atoms with Crippen molar-refractivity contribution in [3.8, 4) is 0 Å². The summed E-state index contributed by atoms with van der Waals surface area (Å²) in [5.74, 6) is -0.478. The van der Waals surface area contributed by atoms with Gasteiger partial charge in [-0.25, -0.2) is 0 Å². The van der Waals surface area contributed by atoms with Gasteiger partial charge in [0, 0.05) is 29.2 Å². The van der Waals surface area contributed by atoms with Crippen LogP contribution in [0.2, 0.25) is 10.0 Å². The number of carbonyl (C=O) groups is 2. The van der Waals surface area contributed by atoms with Gasteiger partial charge in [-0.2, -0.15) is 0 Å². The van der Waals surface area contributed by atoms with E-state index in [4.69, 9.17) is 23.2 Å². The highest BCUT2D eigenvalue weighted by molar-refractivity contribution is 6.35. The second-order valence-corrected chi connectivity index (χ2v) is 6.20. The number of unbranched alkanes of at least 4 members (excludes halogenated alkanes) is 2. The number of ether oxygens (including phenoxy) is 1. The van der Waals surface area contributed by atoms with E-state index in [1.807, 2.05) is 0 Å². The number of halogens is 2. The maximum atomic E-state index is 12.4. The highest BCUT2D eigenvalue weighted by Gasteiger charge is 2.13. The van der Waals surface area contributed by atoms with Crippen molar-refractivity contribution in [2.24, 2.45) is 0 Å². The minimum absolute atomic E-state index is 0.152. The van der Waals surface area contributed by atoms with Crippen molar-refractivity contribution in [1.29, 1.82) is 0 Å². The summed E-state index contributed by atoms with van der Waals surface area (Å²) < 4.78 is 4.64. The predicted molar refractivity (Wildman–Crippen MR) is 98.2 cm³/mol. The fourth-order valence-electron chi connectivity index (χ4n) is 2.12. The zero-order valence-electron chi connectivity index (χ0n) is 14.1. The van der Waals surface area contributed by atoms with Crippen LogP contribution in [0.3, 0.4) is 0 Å². The quantitative estimate of drug-likeness (QED) is 0.362. The van der Waals surface area contributed by atoms with Gasteiger partial charge in [-0.05, 0) is 30.2 Å². The number of esters is 1. The van der Waals surface area contributed by atoms with E-state index in [2.05, 4.69) is 11.7 Å². The van der Waals surface area contributed by atoms with Crippen molar-refractivity contribution in [3.63, 3.8) is 0 Å². The first-order chi connectivity index (χ1) is 11.5. The molecule has 0 bridgehead atoms. The van der Waals surface area contributed by atoms with Gasteiger partial charge in [0.1, 0.15) is 0 Å². The van der Waals surface area contributed by atoms with Gasteiger partial charge < -0.3 is 9.64 Å². The summed E-state index contributed by atoms with van der Waals surface area (Å²) in [5, 5.41) is 1.03. The second-order valence-electron chi connectivity index (χ2n) is 5.36. The first kappa shape index (κ1) is 20.5. The lowest BCUT2D eigenvalue weighted by Crippen LogP contribution is -2.32. The molecule has 0 heterocycles. The first-order valence-electron chi connectivity index (χ1n) is 7.96. The lowest BCUT2D eigenvalue weighted by Gasteiger charge is -2.20. The summed E-state index contributed by atoms with van der Waals surface area (Å²) in [5.41, 5.74) is 0.718. The van der Waals surface area contributed by atoms with E-state index < -0.39 is 0 Å². The molecule has 0 aromatic heterocycles. The average molecular weight is 372 g/mol.